The molecule has 0 fully saturated rings. The van der Waals surface area contributed by atoms with Crippen LogP contribution in [-0.2, 0) is 38.8 Å². The lowest BCUT2D eigenvalue weighted by Gasteiger charge is -2.28. The van der Waals surface area contributed by atoms with Crippen LogP contribution in [0.5, 0.6) is 0 Å². The van der Waals surface area contributed by atoms with E-state index in [2.05, 4.69) is 0 Å². The molecule has 2 aliphatic heterocycles. The zero-order valence-electron chi connectivity index (χ0n) is 20.3. The van der Waals surface area contributed by atoms with Gasteiger partial charge in [-0.2, -0.15) is 9.73 Å². The van der Waals surface area contributed by atoms with Crippen LogP contribution in [0.2, 0.25) is 0 Å². The number of carbonyl (C=O) groups excluding carboxylic acids is 2. The molecule has 0 bridgehead atoms. The number of allylic oxidation sites excluding steroid dienone is 4. The molecule has 6 nitrogen and oxygen atoms in total. The Morgan fingerprint density at radius 3 is 1.64 bits per heavy atom. The molecule has 0 radical (unpaired) electrons. The molecule has 0 aliphatic carbocycles. The molecule has 0 atom stereocenters. The lowest BCUT2D eigenvalue weighted by Crippen LogP contribution is -2.22. The monoisotopic (exact) mass is 498 g/mol. The molecule has 0 aromatic rings. The van der Waals surface area contributed by atoms with E-state index >= 15 is 0 Å². The van der Waals surface area contributed by atoms with Gasteiger partial charge in [-0.1, -0.05) is 40.5 Å². The van der Waals surface area contributed by atoms with Crippen molar-refractivity contribution in [1.29, 1.82) is 0 Å². The quantitative estimate of drug-likeness (QED) is 0.313. The molecular weight excluding hydrogens is 460 g/mol. The molecule has 188 valence electrons. The predicted octanol–water partition coefficient (Wildman–Crippen LogP) is 3.74. The van der Waals surface area contributed by atoms with Gasteiger partial charge in [-0.3, -0.25) is 9.59 Å². The van der Waals surface area contributed by atoms with Gasteiger partial charge in [-0.05, 0) is 55.1 Å². The summed E-state index contributed by atoms with van der Waals surface area (Å²) in [6, 6.07) is 0. The van der Waals surface area contributed by atoms with Gasteiger partial charge in [0.1, 0.15) is 0 Å². The molecule has 0 spiro atoms. The first-order valence-corrected chi connectivity index (χ1v) is 13.9. The maximum atomic E-state index is 13.0. The second kappa shape index (κ2) is 12.0. The third-order valence-corrected chi connectivity index (χ3v) is 9.59. The average molecular weight is 499 g/mol. The number of ketones is 2. The van der Waals surface area contributed by atoms with E-state index in [1.807, 2.05) is 27.7 Å². The Labute approximate surface area is 201 Å². The van der Waals surface area contributed by atoms with Gasteiger partial charge in [0.05, 0.1) is 0 Å². The van der Waals surface area contributed by atoms with E-state index in [9.17, 15) is 28.2 Å². The minimum atomic E-state index is -1.33. The normalized spacial score (nSPS) is 19.2. The number of aliphatic hydroxyl groups excluding tert-OH is 2. The number of rotatable bonds is 12. The van der Waals surface area contributed by atoms with E-state index in [4.69, 9.17) is 0 Å². The van der Waals surface area contributed by atoms with Crippen molar-refractivity contribution in [3.8, 4) is 0 Å². The highest BCUT2D eigenvalue weighted by Gasteiger charge is 2.19. The van der Waals surface area contributed by atoms with Gasteiger partial charge in [-0.25, -0.2) is 20.8 Å². The van der Waals surface area contributed by atoms with E-state index in [-0.39, 0.29) is 48.5 Å². The summed E-state index contributed by atoms with van der Waals surface area (Å²) in [6.45, 7) is 7.80. The number of aliphatic hydroxyl groups is 2. The maximum absolute atomic E-state index is 13.0. The first-order valence-electron chi connectivity index (χ1n) is 11.6. The minimum Gasteiger partial charge on any atom is -0.457 e. The van der Waals surface area contributed by atoms with Crippen LogP contribution in [0.15, 0.2) is 22.0 Å². The summed E-state index contributed by atoms with van der Waals surface area (Å²) >= 11 is 0. The van der Waals surface area contributed by atoms with E-state index in [1.165, 1.54) is 12.2 Å². The third kappa shape index (κ3) is 8.50. The van der Waals surface area contributed by atoms with Gasteiger partial charge in [0.25, 0.3) is 0 Å². The third-order valence-electron chi connectivity index (χ3n) is 6.25. The van der Waals surface area contributed by atoms with Crippen LogP contribution in [0.1, 0.15) is 85.5 Å². The van der Waals surface area contributed by atoms with Crippen molar-refractivity contribution < 1.29 is 28.2 Å². The SMILES string of the molecule is CC(C)(CO)CCC1=CC(=O)CC(CCCC2=CC(=O)CC(CCC(C)(C)CO)=[S-]2=O)=[S-]1=O. The first kappa shape index (κ1) is 28.0. The van der Waals surface area contributed by atoms with Crippen molar-refractivity contribution in [3.05, 3.63) is 22.0 Å². The largest absolute Gasteiger partial charge is 0.457 e. The summed E-state index contributed by atoms with van der Waals surface area (Å²) < 4.78 is 25.9. The highest BCUT2D eigenvalue weighted by molar-refractivity contribution is 7.89. The van der Waals surface area contributed by atoms with E-state index in [1.54, 1.807) is 0 Å². The molecule has 2 N–H and O–H groups in total. The Morgan fingerprint density at radius 2 is 1.15 bits per heavy atom. The van der Waals surface area contributed by atoms with Gasteiger partial charge in [0.15, 0.2) is 11.6 Å². The smallest absolute Gasteiger partial charge is 0.155 e. The average Bonchev–Trinajstić information content (AvgIpc) is 2.76. The summed E-state index contributed by atoms with van der Waals surface area (Å²) in [4.78, 5) is 27.0. The summed E-state index contributed by atoms with van der Waals surface area (Å²) in [7, 11) is -2.66. The molecule has 0 saturated heterocycles. The number of hydrogen-bond donors (Lipinski definition) is 2. The number of hydrogen-bond acceptors (Lipinski definition) is 8. The zero-order valence-corrected chi connectivity index (χ0v) is 21.9. The molecular formula is C25H38O6S2-2. The van der Waals surface area contributed by atoms with E-state index < -0.39 is 20.8 Å². The molecule has 0 aromatic heterocycles. The lowest BCUT2D eigenvalue weighted by atomic mass is 9.88. The van der Waals surface area contributed by atoms with Crippen LogP contribution in [0.3, 0.4) is 0 Å². The van der Waals surface area contributed by atoms with Crippen molar-refractivity contribution in [1.82, 2.24) is 0 Å². The van der Waals surface area contributed by atoms with Gasteiger partial charge in [0, 0.05) is 26.1 Å². The van der Waals surface area contributed by atoms with Crippen molar-refractivity contribution in [2.45, 2.75) is 85.5 Å². The molecule has 2 aliphatic rings. The Kier molecular flexibility index (Phi) is 10.2. The molecule has 0 amide bonds. The first-order chi connectivity index (χ1) is 15.4. The van der Waals surface area contributed by atoms with Crippen LogP contribution in [0.4, 0.5) is 0 Å². The van der Waals surface area contributed by atoms with Crippen LogP contribution >= 0.6 is 0 Å². The Hall–Kier alpha value is -1.22. The van der Waals surface area contributed by atoms with Crippen LogP contribution < -0.4 is 0 Å². The van der Waals surface area contributed by atoms with Crippen LogP contribution in [-0.4, -0.2) is 44.7 Å². The van der Waals surface area contributed by atoms with Gasteiger partial charge in [-0.15, -0.1) is 9.81 Å². The maximum Gasteiger partial charge on any atom is 0.155 e. The molecule has 2 rings (SSSR count). The van der Waals surface area contributed by atoms with Gasteiger partial charge in [0.2, 0.25) is 0 Å². The molecule has 33 heavy (non-hydrogen) atoms. The summed E-state index contributed by atoms with van der Waals surface area (Å²) in [5.41, 5.74) is -0.580. The minimum absolute atomic E-state index is 0.0267. The lowest BCUT2D eigenvalue weighted by molar-refractivity contribution is -0.114. The van der Waals surface area contributed by atoms with E-state index in [0.717, 1.165) is 0 Å². The predicted molar refractivity (Wildman–Crippen MR) is 136 cm³/mol. The van der Waals surface area contributed by atoms with E-state index in [0.29, 0.717) is 64.5 Å². The molecule has 0 aromatic carbocycles. The highest BCUT2D eigenvalue weighted by atomic mass is 32.2. The number of carbonyl (C=O) groups is 2. The van der Waals surface area contributed by atoms with Crippen molar-refractivity contribution in [2.75, 3.05) is 13.2 Å². The fourth-order valence-corrected chi connectivity index (χ4v) is 6.71. The van der Waals surface area contributed by atoms with Crippen molar-refractivity contribution >= 4 is 42.1 Å². The van der Waals surface area contributed by atoms with Crippen molar-refractivity contribution in [3.63, 3.8) is 0 Å². The highest BCUT2D eigenvalue weighted by Crippen LogP contribution is 2.27. The summed E-state index contributed by atoms with van der Waals surface area (Å²) in [5, 5.41) is 18.9. The second-order valence-corrected chi connectivity index (χ2v) is 13.9. The molecule has 0 saturated carbocycles. The zero-order chi connectivity index (χ0) is 24.8. The van der Waals surface area contributed by atoms with Crippen LogP contribution in [0.25, 0.3) is 0 Å². The molecule has 2 heterocycles. The Morgan fingerprint density at radius 1 is 0.727 bits per heavy atom. The molecule has 8 heteroatoms. The van der Waals surface area contributed by atoms with Crippen molar-refractivity contribution in [2.24, 2.45) is 10.8 Å². The van der Waals surface area contributed by atoms with Crippen LogP contribution in [0, 0.1) is 10.8 Å². The fraction of sp³-hybridized carbons (Fsp3) is 0.680. The topological polar surface area (TPSA) is 109 Å². The Bertz CT molecular complexity index is 1000. The Balaban J connectivity index is 2.04. The molecule has 0 unspecified atom stereocenters. The summed E-state index contributed by atoms with van der Waals surface area (Å²) in [6.07, 6.45) is 7.16. The summed E-state index contributed by atoms with van der Waals surface area (Å²) in [5.74, 6) is -0.110. The fourth-order valence-electron chi connectivity index (χ4n) is 3.71. The standard InChI is InChI=1S/C25H38O6S2/c1-24(2,16-26)10-8-22-14-18(28)12-20(32(22)30)6-5-7-21-13-19(29)15-23(33(21)31)9-11-25(3,4)17-27/h12,15,26-27H,5-11,13-14,16-17H2,1-4H3/q-2. The second-order valence-electron chi connectivity index (χ2n) is 10.6. The van der Waals surface area contributed by atoms with Gasteiger partial charge < -0.3 is 18.6 Å². The van der Waals surface area contributed by atoms with Gasteiger partial charge >= 0.3 is 0 Å².